The average Bonchev–Trinajstić information content (AvgIpc) is 2.93. The van der Waals surface area contributed by atoms with Crippen molar-refractivity contribution in [3.8, 4) is 17.1 Å². The van der Waals surface area contributed by atoms with Crippen molar-refractivity contribution in [3.05, 3.63) is 42.2 Å². The maximum absolute atomic E-state index is 5.90. The van der Waals surface area contributed by atoms with E-state index < -0.39 is 0 Å². The molecule has 0 saturated carbocycles. The monoisotopic (exact) mass is 274 g/mol. The molecule has 4 heteroatoms. The Labute approximate surface area is 120 Å². The minimum Gasteiger partial charge on any atom is -0.497 e. The first-order valence-electron chi connectivity index (χ1n) is 6.79. The summed E-state index contributed by atoms with van der Waals surface area (Å²) in [4.78, 5) is 2.23. The lowest BCUT2D eigenvalue weighted by molar-refractivity contribution is 0.298. The molecule has 0 radical (unpaired) electrons. The molecule has 108 valence electrons. The van der Waals surface area contributed by atoms with Crippen molar-refractivity contribution in [3.63, 3.8) is 0 Å². The molecule has 0 aliphatic heterocycles. The van der Waals surface area contributed by atoms with Crippen LogP contribution >= 0.6 is 0 Å². The first-order chi connectivity index (χ1) is 9.72. The van der Waals surface area contributed by atoms with Crippen molar-refractivity contribution >= 4 is 0 Å². The van der Waals surface area contributed by atoms with Gasteiger partial charge in [-0.3, -0.25) is 4.90 Å². The molecule has 1 aromatic heterocycles. The third kappa shape index (κ3) is 3.85. The van der Waals surface area contributed by atoms with E-state index in [9.17, 15) is 0 Å². The normalized spacial score (nSPS) is 11.0. The minimum atomic E-state index is 0.811. The average molecular weight is 274 g/mol. The zero-order valence-electron chi connectivity index (χ0n) is 12.3. The second-order valence-corrected chi connectivity index (χ2v) is 4.84. The van der Waals surface area contributed by atoms with Gasteiger partial charge in [-0.25, -0.2) is 0 Å². The number of hydrogen-bond donors (Lipinski definition) is 1. The predicted octanol–water partition coefficient (Wildman–Crippen LogP) is 2.61. The molecule has 1 N–H and O–H groups in total. The number of nitrogens with one attached hydrogen (secondary N) is 1. The first-order valence-corrected chi connectivity index (χ1v) is 6.79. The van der Waals surface area contributed by atoms with E-state index in [0.29, 0.717) is 0 Å². The van der Waals surface area contributed by atoms with Crippen LogP contribution in [0, 0.1) is 0 Å². The second-order valence-electron chi connectivity index (χ2n) is 4.84. The van der Waals surface area contributed by atoms with Gasteiger partial charge in [-0.05, 0) is 38.4 Å². The maximum atomic E-state index is 5.90. The van der Waals surface area contributed by atoms with Gasteiger partial charge in [0.2, 0.25) is 0 Å². The van der Waals surface area contributed by atoms with Gasteiger partial charge in [0.05, 0.1) is 13.7 Å². The highest BCUT2D eigenvalue weighted by molar-refractivity contribution is 5.59. The standard InChI is InChI=1S/C16H22N2O2/c1-17-9-10-18(2)12-15-7-8-16(20-15)13-5-4-6-14(11-13)19-3/h4-8,11,17H,9-10,12H2,1-3H3. The van der Waals surface area contributed by atoms with E-state index in [-0.39, 0.29) is 0 Å². The Hall–Kier alpha value is -1.78. The molecule has 2 rings (SSSR count). The molecule has 1 aromatic carbocycles. The summed E-state index contributed by atoms with van der Waals surface area (Å²) < 4.78 is 11.1. The number of benzene rings is 1. The van der Waals surface area contributed by atoms with Crippen LogP contribution in [0.3, 0.4) is 0 Å². The maximum Gasteiger partial charge on any atom is 0.134 e. The zero-order chi connectivity index (χ0) is 14.4. The number of furan rings is 1. The van der Waals surface area contributed by atoms with Gasteiger partial charge in [0.15, 0.2) is 0 Å². The van der Waals surface area contributed by atoms with Crippen molar-refractivity contribution in [1.82, 2.24) is 10.2 Å². The van der Waals surface area contributed by atoms with Gasteiger partial charge >= 0.3 is 0 Å². The molecule has 1 heterocycles. The van der Waals surface area contributed by atoms with Crippen LogP contribution < -0.4 is 10.1 Å². The molecular formula is C16H22N2O2. The van der Waals surface area contributed by atoms with Gasteiger partial charge in [-0.2, -0.15) is 0 Å². The highest BCUT2D eigenvalue weighted by atomic mass is 16.5. The van der Waals surface area contributed by atoms with E-state index >= 15 is 0 Å². The molecule has 2 aromatic rings. The summed E-state index contributed by atoms with van der Waals surface area (Å²) in [5.74, 6) is 2.69. The molecule has 0 saturated heterocycles. The molecular weight excluding hydrogens is 252 g/mol. The molecule has 0 fully saturated rings. The van der Waals surface area contributed by atoms with Crippen LogP contribution in [-0.2, 0) is 6.54 Å². The third-order valence-electron chi connectivity index (χ3n) is 3.19. The van der Waals surface area contributed by atoms with Crippen molar-refractivity contribution < 1.29 is 9.15 Å². The molecule has 0 unspecified atom stereocenters. The SMILES string of the molecule is CNCCN(C)Cc1ccc(-c2cccc(OC)c2)o1. The number of ether oxygens (including phenoxy) is 1. The zero-order valence-corrected chi connectivity index (χ0v) is 12.3. The van der Waals surface area contributed by atoms with E-state index in [4.69, 9.17) is 9.15 Å². The van der Waals surface area contributed by atoms with Gasteiger partial charge < -0.3 is 14.5 Å². The Kier molecular flexibility index (Phi) is 5.21. The van der Waals surface area contributed by atoms with Gasteiger partial charge in [0.1, 0.15) is 17.3 Å². The van der Waals surface area contributed by atoms with Gasteiger partial charge in [-0.15, -0.1) is 0 Å². The Morgan fingerprint density at radius 3 is 2.85 bits per heavy atom. The number of methoxy groups -OCH3 is 1. The molecule has 0 spiro atoms. The van der Waals surface area contributed by atoms with Gasteiger partial charge in [0, 0.05) is 18.7 Å². The van der Waals surface area contributed by atoms with Crippen molar-refractivity contribution in [1.29, 1.82) is 0 Å². The molecule has 0 bridgehead atoms. The summed E-state index contributed by atoms with van der Waals surface area (Å²) in [6.45, 7) is 2.78. The van der Waals surface area contributed by atoms with E-state index in [1.807, 2.05) is 43.4 Å². The number of nitrogens with zero attached hydrogens (tertiary/aromatic N) is 1. The lowest BCUT2D eigenvalue weighted by Gasteiger charge is -2.14. The molecule has 0 atom stereocenters. The van der Waals surface area contributed by atoms with E-state index in [1.54, 1.807) is 7.11 Å². The second kappa shape index (κ2) is 7.12. The fraction of sp³-hybridized carbons (Fsp3) is 0.375. The van der Waals surface area contributed by atoms with Crippen LogP contribution in [0.5, 0.6) is 5.75 Å². The molecule has 0 aliphatic rings. The van der Waals surface area contributed by atoms with Crippen LogP contribution in [0.15, 0.2) is 40.8 Å². The van der Waals surface area contributed by atoms with Gasteiger partial charge in [-0.1, -0.05) is 12.1 Å². The van der Waals surface area contributed by atoms with Crippen LogP contribution in [0.4, 0.5) is 0 Å². The first kappa shape index (κ1) is 14.6. The topological polar surface area (TPSA) is 37.6 Å². The molecule has 4 nitrogen and oxygen atoms in total. The summed E-state index contributed by atoms with van der Waals surface area (Å²) in [5, 5.41) is 3.14. The Morgan fingerprint density at radius 1 is 1.25 bits per heavy atom. The quantitative estimate of drug-likeness (QED) is 0.842. The highest BCUT2D eigenvalue weighted by Crippen LogP contribution is 2.26. The minimum absolute atomic E-state index is 0.811. The lowest BCUT2D eigenvalue weighted by Crippen LogP contribution is -2.26. The third-order valence-corrected chi connectivity index (χ3v) is 3.19. The summed E-state index contributed by atoms with van der Waals surface area (Å²) in [6, 6.07) is 11.9. The molecule has 0 amide bonds. The Morgan fingerprint density at radius 2 is 2.10 bits per heavy atom. The van der Waals surface area contributed by atoms with E-state index in [1.165, 1.54) is 0 Å². The summed E-state index contributed by atoms with van der Waals surface area (Å²) >= 11 is 0. The largest absolute Gasteiger partial charge is 0.497 e. The Bertz CT molecular complexity index is 537. The van der Waals surface area contributed by atoms with Crippen LogP contribution in [0.2, 0.25) is 0 Å². The number of rotatable bonds is 7. The summed E-state index contributed by atoms with van der Waals surface area (Å²) in [5.41, 5.74) is 1.04. The smallest absolute Gasteiger partial charge is 0.134 e. The van der Waals surface area contributed by atoms with Crippen LogP contribution in [0.25, 0.3) is 11.3 Å². The predicted molar refractivity (Wildman–Crippen MR) is 81.0 cm³/mol. The fourth-order valence-electron chi connectivity index (χ4n) is 2.04. The van der Waals surface area contributed by atoms with Crippen molar-refractivity contribution in [2.75, 3.05) is 34.3 Å². The highest BCUT2D eigenvalue weighted by Gasteiger charge is 2.07. The summed E-state index contributed by atoms with van der Waals surface area (Å²) in [7, 11) is 5.72. The van der Waals surface area contributed by atoms with Crippen molar-refractivity contribution in [2.45, 2.75) is 6.54 Å². The van der Waals surface area contributed by atoms with Gasteiger partial charge in [0.25, 0.3) is 0 Å². The number of likely N-dealkylation sites (N-methyl/N-ethyl adjacent to an activating group) is 2. The van der Waals surface area contributed by atoms with Crippen molar-refractivity contribution in [2.24, 2.45) is 0 Å². The Balaban J connectivity index is 2.04. The molecule has 20 heavy (non-hydrogen) atoms. The molecule has 0 aliphatic carbocycles. The summed E-state index contributed by atoms with van der Waals surface area (Å²) in [6.07, 6.45) is 0. The van der Waals surface area contributed by atoms with Crippen LogP contribution in [-0.4, -0.2) is 39.2 Å². The van der Waals surface area contributed by atoms with Crippen LogP contribution in [0.1, 0.15) is 5.76 Å². The number of hydrogen-bond acceptors (Lipinski definition) is 4. The lowest BCUT2D eigenvalue weighted by atomic mass is 10.2. The fourth-order valence-corrected chi connectivity index (χ4v) is 2.04. The van der Waals surface area contributed by atoms with E-state index in [2.05, 4.69) is 17.3 Å². The van der Waals surface area contributed by atoms with E-state index in [0.717, 1.165) is 42.5 Å².